The van der Waals surface area contributed by atoms with Gasteiger partial charge in [0.25, 0.3) is 0 Å². The Hall–Kier alpha value is 0.597. The van der Waals surface area contributed by atoms with Gasteiger partial charge in [0.15, 0.2) is 0 Å². The molecule has 0 aromatic rings. The number of hydrogen-bond donors (Lipinski definition) is 0. The van der Waals surface area contributed by atoms with Crippen molar-refractivity contribution >= 4 is 18.9 Å². The summed E-state index contributed by atoms with van der Waals surface area (Å²) in [7, 11) is 0. The van der Waals surface area contributed by atoms with Gasteiger partial charge in [-0.2, -0.15) is 0 Å². The Balaban J connectivity index is 0. The Morgan fingerprint density at radius 3 is 1.90 bits per heavy atom. The average molecular weight is 135 g/mol. The minimum absolute atomic E-state index is 0. The van der Waals surface area contributed by atoms with Gasteiger partial charge in [-0.3, -0.25) is 0 Å². The molecule has 0 aliphatic rings. The Bertz CT molecular complexity index is 38.0. The van der Waals surface area contributed by atoms with Crippen LogP contribution >= 0.6 is 0 Å². The van der Waals surface area contributed by atoms with Crippen LogP contribution in [0, 0.1) is 6.92 Å². The molecule has 0 aliphatic heterocycles. The van der Waals surface area contributed by atoms with Gasteiger partial charge in [-0.05, 0) is 0 Å². The van der Waals surface area contributed by atoms with Crippen molar-refractivity contribution in [1.29, 1.82) is 0 Å². The molecule has 0 aliphatic carbocycles. The first-order valence-electron chi connectivity index (χ1n) is 4.21. The van der Waals surface area contributed by atoms with Crippen molar-refractivity contribution in [3.8, 4) is 0 Å². The predicted octanol–water partition coefficient (Wildman–Crippen LogP) is 2.92. The third kappa shape index (κ3) is 11.4. The zero-order valence-electron chi connectivity index (χ0n) is 6.66. The summed E-state index contributed by atoms with van der Waals surface area (Å²) >= 11 is 0. The van der Waals surface area contributed by atoms with Crippen LogP contribution in [0.25, 0.3) is 0 Å². The summed E-state index contributed by atoms with van der Waals surface area (Å²) in [6.07, 6.45) is 9.45. The molecule has 1 radical (unpaired) electrons. The first kappa shape index (κ1) is 13.2. The molecule has 0 bridgehead atoms. The molecule has 57 valence electrons. The van der Waals surface area contributed by atoms with Gasteiger partial charge in [-0.15, -0.1) is 0 Å². The van der Waals surface area contributed by atoms with E-state index in [9.17, 15) is 0 Å². The van der Waals surface area contributed by atoms with Crippen LogP contribution in [-0.4, -0.2) is 18.9 Å². The van der Waals surface area contributed by atoms with Crippen molar-refractivity contribution in [2.75, 3.05) is 0 Å². The summed E-state index contributed by atoms with van der Waals surface area (Å²) in [5, 5.41) is 0. The van der Waals surface area contributed by atoms with Crippen LogP contribution in [0.4, 0.5) is 0 Å². The van der Waals surface area contributed by atoms with Gasteiger partial charge in [0.1, 0.15) is 0 Å². The molecule has 10 heavy (non-hydrogen) atoms. The van der Waals surface area contributed by atoms with Crippen molar-refractivity contribution < 1.29 is 0 Å². The van der Waals surface area contributed by atoms with Gasteiger partial charge in [-0.25, -0.2) is 0 Å². The van der Waals surface area contributed by atoms with Crippen molar-refractivity contribution in [1.82, 2.24) is 0 Å². The van der Waals surface area contributed by atoms with Gasteiger partial charge < -0.3 is 0 Å². The Labute approximate surface area is 78.0 Å². The van der Waals surface area contributed by atoms with Crippen LogP contribution < -0.4 is 0 Å². The van der Waals surface area contributed by atoms with Crippen molar-refractivity contribution in [2.24, 2.45) is 0 Å². The first-order valence-corrected chi connectivity index (χ1v) is 4.21. The van der Waals surface area contributed by atoms with E-state index in [0.717, 1.165) is 6.42 Å². The summed E-state index contributed by atoms with van der Waals surface area (Å²) in [5.74, 6) is 0. The van der Waals surface area contributed by atoms with Crippen LogP contribution in [0.1, 0.15) is 51.9 Å². The SMILES string of the molecule is [CH2]CCCCCCCC.[LiH]. The van der Waals surface area contributed by atoms with E-state index in [-0.39, 0.29) is 18.9 Å². The molecule has 0 saturated carbocycles. The molecule has 0 spiro atoms. The molecule has 0 unspecified atom stereocenters. The van der Waals surface area contributed by atoms with E-state index in [0.29, 0.717) is 0 Å². The molecule has 0 rings (SSSR count). The molecule has 0 nitrogen and oxygen atoms in total. The molecular formula is C9H20Li. The van der Waals surface area contributed by atoms with E-state index in [1.807, 2.05) is 0 Å². The second kappa shape index (κ2) is 12.3. The van der Waals surface area contributed by atoms with Crippen LogP contribution in [0.15, 0.2) is 0 Å². The molecule has 0 amide bonds. The maximum atomic E-state index is 3.80. The van der Waals surface area contributed by atoms with Gasteiger partial charge in [0.2, 0.25) is 0 Å². The summed E-state index contributed by atoms with van der Waals surface area (Å²) < 4.78 is 0. The molecule has 0 saturated heterocycles. The van der Waals surface area contributed by atoms with Crippen molar-refractivity contribution in [2.45, 2.75) is 51.9 Å². The van der Waals surface area contributed by atoms with E-state index in [1.165, 1.54) is 38.5 Å². The van der Waals surface area contributed by atoms with Crippen LogP contribution in [-0.2, 0) is 0 Å². The Morgan fingerprint density at radius 2 is 1.40 bits per heavy atom. The zero-order valence-corrected chi connectivity index (χ0v) is 6.66. The maximum absolute atomic E-state index is 3.80. The van der Waals surface area contributed by atoms with Gasteiger partial charge in [-0.1, -0.05) is 58.8 Å². The standard InChI is InChI=1S/C9H19.Li.H/c1-3-5-7-9-8-6-4-2;;/h1,3-9H2,2H3;;. The second-order valence-corrected chi connectivity index (χ2v) is 2.62. The van der Waals surface area contributed by atoms with Crippen molar-refractivity contribution in [3.05, 3.63) is 6.92 Å². The topological polar surface area (TPSA) is 0 Å². The minimum atomic E-state index is 0. The van der Waals surface area contributed by atoms with Crippen LogP contribution in [0.5, 0.6) is 0 Å². The normalized spacial score (nSPS) is 9.00. The summed E-state index contributed by atoms with van der Waals surface area (Å²) in [4.78, 5) is 0. The summed E-state index contributed by atoms with van der Waals surface area (Å²) in [6.45, 7) is 6.05. The summed E-state index contributed by atoms with van der Waals surface area (Å²) in [6, 6.07) is 0. The van der Waals surface area contributed by atoms with Crippen LogP contribution in [0.3, 0.4) is 0 Å². The molecule has 0 aromatic heterocycles. The molecule has 1 heteroatoms. The number of rotatable bonds is 6. The number of unbranched alkanes of at least 4 members (excludes halogenated alkanes) is 6. The van der Waals surface area contributed by atoms with E-state index >= 15 is 0 Å². The molecular weight excluding hydrogens is 115 g/mol. The first-order chi connectivity index (χ1) is 4.41. The number of hydrogen-bond acceptors (Lipinski definition) is 0. The zero-order chi connectivity index (χ0) is 6.95. The fourth-order valence-electron chi connectivity index (χ4n) is 0.957. The monoisotopic (exact) mass is 135 g/mol. The van der Waals surface area contributed by atoms with E-state index in [1.54, 1.807) is 0 Å². The van der Waals surface area contributed by atoms with Crippen molar-refractivity contribution in [3.63, 3.8) is 0 Å². The molecule has 0 atom stereocenters. The predicted molar refractivity (Wildman–Crippen MR) is 50.5 cm³/mol. The third-order valence-electron chi connectivity index (χ3n) is 1.60. The molecule has 0 heterocycles. The van der Waals surface area contributed by atoms with Gasteiger partial charge >= 0.3 is 18.9 Å². The van der Waals surface area contributed by atoms with E-state index < -0.39 is 0 Å². The summed E-state index contributed by atoms with van der Waals surface area (Å²) in [5.41, 5.74) is 0. The quantitative estimate of drug-likeness (QED) is 0.388. The van der Waals surface area contributed by atoms with Crippen LogP contribution in [0.2, 0.25) is 0 Å². The fraction of sp³-hybridized carbons (Fsp3) is 0.889. The van der Waals surface area contributed by atoms with E-state index in [4.69, 9.17) is 0 Å². The average Bonchev–Trinajstić information content (AvgIpc) is 1.89. The van der Waals surface area contributed by atoms with E-state index in [2.05, 4.69) is 13.8 Å². The van der Waals surface area contributed by atoms with Gasteiger partial charge in [0, 0.05) is 0 Å². The molecule has 0 fully saturated rings. The molecule has 0 N–H and O–H groups in total. The second-order valence-electron chi connectivity index (χ2n) is 2.62. The molecule has 0 aromatic carbocycles. The Morgan fingerprint density at radius 1 is 0.900 bits per heavy atom. The van der Waals surface area contributed by atoms with Gasteiger partial charge in [0.05, 0.1) is 0 Å². The fourth-order valence-corrected chi connectivity index (χ4v) is 0.957. The third-order valence-corrected chi connectivity index (χ3v) is 1.60. The Kier molecular flexibility index (Phi) is 16.2.